The van der Waals surface area contributed by atoms with Crippen molar-refractivity contribution in [3.63, 3.8) is 0 Å². The predicted molar refractivity (Wildman–Crippen MR) is 126 cm³/mol. The largest absolute Gasteiger partial charge is 0.460 e. The number of esters is 1. The van der Waals surface area contributed by atoms with Gasteiger partial charge in [0.2, 0.25) is 0 Å². The van der Waals surface area contributed by atoms with Crippen molar-refractivity contribution in [1.29, 1.82) is 0 Å². The third-order valence-corrected chi connectivity index (χ3v) is 6.22. The first kappa shape index (κ1) is 22.4. The monoisotopic (exact) mass is 471 g/mol. The maximum atomic E-state index is 13.3. The number of aromatic nitrogens is 2. The molecule has 2 aromatic carbocycles. The number of carbonyl (C=O) groups is 1. The Labute approximate surface area is 196 Å². The maximum absolute atomic E-state index is 13.3. The highest BCUT2D eigenvalue weighted by Gasteiger charge is 2.35. The molecule has 0 amide bonds. The Balaban J connectivity index is 1.79. The van der Waals surface area contributed by atoms with Gasteiger partial charge in [0.15, 0.2) is 0 Å². The number of nitrogens with one attached hydrogen (secondary N) is 1. The lowest BCUT2D eigenvalue weighted by Gasteiger charge is -2.25. The summed E-state index contributed by atoms with van der Waals surface area (Å²) in [5, 5.41) is 4.31. The van der Waals surface area contributed by atoms with E-state index < -0.39 is 0 Å². The summed E-state index contributed by atoms with van der Waals surface area (Å²) in [6, 6.07) is 12.6. The van der Waals surface area contributed by atoms with Crippen LogP contribution in [0.25, 0.3) is 11.3 Å². The Bertz CT molecular complexity index is 1260. The van der Waals surface area contributed by atoms with Gasteiger partial charge < -0.3 is 10.1 Å². The van der Waals surface area contributed by atoms with Crippen LogP contribution in [0.15, 0.2) is 47.3 Å². The summed E-state index contributed by atoms with van der Waals surface area (Å²) < 4.78 is 7.14. The molecule has 0 unspecified atom stereocenters. The van der Waals surface area contributed by atoms with Crippen LogP contribution in [0.2, 0.25) is 10.0 Å². The van der Waals surface area contributed by atoms with Crippen molar-refractivity contribution in [2.45, 2.75) is 38.8 Å². The van der Waals surface area contributed by atoms with Gasteiger partial charge in [0.05, 0.1) is 16.8 Å². The van der Waals surface area contributed by atoms with E-state index in [0.717, 1.165) is 11.1 Å². The average molecular weight is 472 g/mol. The van der Waals surface area contributed by atoms with Crippen LogP contribution < -0.4 is 10.9 Å². The molecule has 0 saturated heterocycles. The van der Waals surface area contributed by atoms with E-state index in [1.54, 1.807) is 25.2 Å². The van der Waals surface area contributed by atoms with E-state index >= 15 is 0 Å². The van der Waals surface area contributed by atoms with Gasteiger partial charge in [-0.1, -0.05) is 54.4 Å². The van der Waals surface area contributed by atoms with Crippen molar-refractivity contribution in [3.8, 4) is 11.3 Å². The van der Waals surface area contributed by atoms with Crippen molar-refractivity contribution in [1.82, 2.24) is 9.55 Å². The Morgan fingerprint density at radius 3 is 2.69 bits per heavy atom. The minimum absolute atomic E-state index is 0.264. The lowest BCUT2D eigenvalue weighted by Crippen LogP contribution is -2.31. The third-order valence-electron chi connectivity index (χ3n) is 5.68. The van der Waals surface area contributed by atoms with E-state index in [1.807, 2.05) is 31.2 Å². The predicted octanol–water partition coefficient (Wildman–Crippen LogP) is 4.96. The summed E-state index contributed by atoms with van der Waals surface area (Å²) in [5.74, 6) is 0.246. The topological polar surface area (TPSA) is 73.2 Å². The number of carbonyl (C=O) groups excluding carboxylic acids is 1. The molecule has 1 heterocycles. The second kappa shape index (κ2) is 8.96. The molecule has 0 aliphatic heterocycles. The summed E-state index contributed by atoms with van der Waals surface area (Å²) in [6.45, 7) is 3.37. The number of halogens is 2. The van der Waals surface area contributed by atoms with Crippen LogP contribution in [0.3, 0.4) is 0 Å². The molecule has 3 aromatic rings. The van der Waals surface area contributed by atoms with Crippen LogP contribution in [0.1, 0.15) is 36.7 Å². The molecule has 0 radical (unpaired) electrons. The fourth-order valence-electron chi connectivity index (χ4n) is 4.17. The van der Waals surface area contributed by atoms with Gasteiger partial charge in [-0.25, -0.2) is 4.98 Å². The highest BCUT2D eigenvalue weighted by atomic mass is 35.5. The number of hydrogen-bond donors (Lipinski definition) is 1. The van der Waals surface area contributed by atoms with Gasteiger partial charge in [-0.2, -0.15) is 0 Å². The number of aryl methyl sites for hydroxylation is 1. The van der Waals surface area contributed by atoms with Crippen LogP contribution in [-0.4, -0.2) is 21.6 Å². The molecule has 2 atom stereocenters. The Kier molecular flexibility index (Phi) is 6.26. The summed E-state index contributed by atoms with van der Waals surface area (Å²) in [4.78, 5) is 29.6. The molecule has 32 heavy (non-hydrogen) atoms. The van der Waals surface area contributed by atoms with E-state index in [9.17, 15) is 9.59 Å². The van der Waals surface area contributed by atoms with Crippen molar-refractivity contribution in [2.75, 3.05) is 5.32 Å². The van der Waals surface area contributed by atoms with Gasteiger partial charge >= 0.3 is 5.97 Å². The first-order valence-electron chi connectivity index (χ1n) is 10.4. The van der Waals surface area contributed by atoms with Gasteiger partial charge in [-0.15, -0.1) is 0 Å². The van der Waals surface area contributed by atoms with Crippen molar-refractivity contribution in [2.24, 2.45) is 7.05 Å². The Hall–Kier alpha value is -2.83. The van der Waals surface area contributed by atoms with Crippen molar-refractivity contribution >= 4 is 35.0 Å². The molecule has 0 saturated carbocycles. The highest BCUT2D eigenvalue weighted by molar-refractivity contribution is 6.36. The van der Waals surface area contributed by atoms with E-state index in [4.69, 9.17) is 27.9 Å². The molecular formula is C24H23Cl2N3O3. The molecule has 6 nitrogen and oxygen atoms in total. The second-order valence-corrected chi connectivity index (χ2v) is 8.61. The standard InChI is InChI=1S/C24H23Cl2N3O3/c1-4-19-23(28-21-16-8-6-5-7-14(16)11-20(21)32-13(2)30)29(3)24(31)22(27-19)17-10-9-15(25)12-18(17)26/h5-10,12,20-21,28H,4,11H2,1-3H3/t20-,21+/m0/s1. The van der Waals surface area contributed by atoms with Crippen LogP contribution in [0.5, 0.6) is 0 Å². The fourth-order valence-corrected chi connectivity index (χ4v) is 4.67. The maximum Gasteiger partial charge on any atom is 0.302 e. The smallest absolute Gasteiger partial charge is 0.302 e. The molecule has 1 aromatic heterocycles. The zero-order valence-corrected chi connectivity index (χ0v) is 19.5. The van der Waals surface area contributed by atoms with Crippen LogP contribution >= 0.6 is 23.2 Å². The number of nitrogens with zero attached hydrogens (tertiary/aromatic N) is 2. The van der Waals surface area contributed by atoms with Crippen molar-refractivity contribution in [3.05, 3.63) is 79.7 Å². The lowest BCUT2D eigenvalue weighted by atomic mass is 10.1. The van der Waals surface area contributed by atoms with E-state index in [-0.39, 0.29) is 29.4 Å². The van der Waals surface area contributed by atoms with E-state index in [1.165, 1.54) is 11.5 Å². The first-order chi connectivity index (χ1) is 15.3. The number of rotatable bonds is 5. The second-order valence-electron chi connectivity index (χ2n) is 7.77. The molecule has 0 spiro atoms. The number of ether oxygens (including phenoxy) is 1. The zero-order chi connectivity index (χ0) is 23.0. The molecule has 4 rings (SSSR count). The molecule has 1 aliphatic rings. The zero-order valence-electron chi connectivity index (χ0n) is 18.0. The quantitative estimate of drug-likeness (QED) is 0.532. The minimum Gasteiger partial charge on any atom is -0.460 e. The first-order valence-corrected chi connectivity index (χ1v) is 11.1. The normalized spacial score (nSPS) is 17.2. The molecule has 0 fully saturated rings. The van der Waals surface area contributed by atoms with Gasteiger partial charge in [0.25, 0.3) is 5.56 Å². The van der Waals surface area contributed by atoms with Gasteiger partial charge in [0.1, 0.15) is 17.6 Å². The van der Waals surface area contributed by atoms with E-state index in [0.29, 0.717) is 40.0 Å². The summed E-state index contributed by atoms with van der Waals surface area (Å²) in [6.07, 6.45) is 0.811. The SMILES string of the molecule is CCc1nc(-c2ccc(Cl)cc2Cl)c(=O)n(C)c1N[C@@H]1c2ccccc2C[C@@H]1OC(C)=O. The molecule has 0 bridgehead atoms. The highest BCUT2D eigenvalue weighted by Crippen LogP contribution is 2.37. The number of benzene rings is 2. The molecule has 1 aliphatic carbocycles. The minimum atomic E-state index is -0.380. The summed E-state index contributed by atoms with van der Waals surface area (Å²) in [7, 11) is 1.69. The van der Waals surface area contributed by atoms with Crippen molar-refractivity contribution < 1.29 is 9.53 Å². The Morgan fingerprint density at radius 2 is 2.00 bits per heavy atom. The molecule has 1 N–H and O–H groups in total. The summed E-state index contributed by atoms with van der Waals surface area (Å²) in [5.41, 5.74) is 3.36. The Morgan fingerprint density at radius 1 is 1.25 bits per heavy atom. The lowest BCUT2D eigenvalue weighted by molar-refractivity contribution is -0.146. The van der Waals surface area contributed by atoms with Crippen LogP contribution in [0, 0.1) is 0 Å². The number of fused-ring (bicyclic) bond motifs is 1. The molecular weight excluding hydrogens is 449 g/mol. The number of hydrogen-bond acceptors (Lipinski definition) is 5. The average Bonchev–Trinajstić information content (AvgIpc) is 3.08. The summed E-state index contributed by atoms with van der Waals surface area (Å²) >= 11 is 12.4. The molecule has 166 valence electrons. The van der Waals surface area contributed by atoms with Gasteiger partial charge in [0, 0.05) is 31.0 Å². The van der Waals surface area contributed by atoms with Crippen LogP contribution in [-0.2, 0) is 29.4 Å². The number of anilines is 1. The molecule has 8 heteroatoms. The van der Waals surface area contributed by atoms with E-state index in [2.05, 4.69) is 10.3 Å². The third kappa shape index (κ3) is 4.12. The van der Waals surface area contributed by atoms with Gasteiger partial charge in [-0.05, 0) is 35.7 Å². The van der Waals surface area contributed by atoms with Crippen LogP contribution in [0.4, 0.5) is 5.82 Å². The fraction of sp³-hybridized carbons (Fsp3) is 0.292. The van der Waals surface area contributed by atoms with Gasteiger partial charge in [-0.3, -0.25) is 14.2 Å².